The monoisotopic (exact) mass is 479 g/mol. The highest BCUT2D eigenvalue weighted by Crippen LogP contribution is 2.45. The summed E-state index contributed by atoms with van der Waals surface area (Å²) in [5.41, 5.74) is 7.41. The normalized spacial score (nSPS) is 21.9. The van der Waals surface area contributed by atoms with E-state index in [1.54, 1.807) is 0 Å². The van der Waals surface area contributed by atoms with E-state index in [0.29, 0.717) is 19.8 Å². The smallest absolute Gasteiger partial charge is 0.410 e. The van der Waals surface area contributed by atoms with Gasteiger partial charge in [0.05, 0.1) is 19.3 Å². The number of ether oxygens (including phenoxy) is 3. The molecule has 1 saturated heterocycles. The first-order chi connectivity index (χ1) is 17.8. The number of benzene rings is 3. The Bertz CT molecular complexity index is 1320. The lowest BCUT2D eigenvalue weighted by atomic mass is 9.94. The fourth-order valence-electron chi connectivity index (χ4n) is 6.36. The minimum absolute atomic E-state index is 0.0744. The zero-order valence-electron chi connectivity index (χ0n) is 20.2. The molecular formula is C31H29NO4. The first kappa shape index (κ1) is 21.5. The number of carbonyl (C=O) groups is 1. The van der Waals surface area contributed by atoms with E-state index in [4.69, 9.17) is 14.2 Å². The third kappa shape index (κ3) is 3.57. The fourth-order valence-corrected chi connectivity index (χ4v) is 6.36. The molecule has 3 heterocycles. The molecule has 5 nitrogen and oxygen atoms in total. The number of hydrogen-bond acceptors (Lipinski definition) is 4. The summed E-state index contributed by atoms with van der Waals surface area (Å²) in [6, 6.07) is 23.4. The maximum atomic E-state index is 13.4. The molecule has 5 heteroatoms. The molecule has 3 aromatic rings. The van der Waals surface area contributed by atoms with Gasteiger partial charge in [-0.1, -0.05) is 60.7 Å². The molecule has 0 saturated carbocycles. The molecule has 1 amide bonds. The molecular weight excluding hydrogens is 450 g/mol. The van der Waals surface area contributed by atoms with Crippen molar-refractivity contribution in [1.82, 2.24) is 4.90 Å². The summed E-state index contributed by atoms with van der Waals surface area (Å²) in [7, 11) is 0. The van der Waals surface area contributed by atoms with Crippen LogP contribution in [0.25, 0.3) is 16.7 Å². The molecule has 0 spiro atoms. The Balaban J connectivity index is 1.08. The van der Waals surface area contributed by atoms with Gasteiger partial charge in [0.15, 0.2) is 11.5 Å². The summed E-state index contributed by atoms with van der Waals surface area (Å²) >= 11 is 0. The molecule has 2 unspecified atom stereocenters. The molecule has 1 aliphatic carbocycles. The summed E-state index contributed by atoms with van der Waals surface area (Å²) in [5, 5.41) is 0. The van der Waals surface area contributed by atoms with Gasteiger partial charge >= 0.3 is 6.09 Å². The van der Waals surface area contributed by atoms with Crippen LogP contribution in [0.1, 0.15) is 48.3 Å². The third-order valence-electron chi connectivity index (χ3n) is 8.06. The first-order valence-corrected chi connectivity index (χ1v) is 13.0. The summed E-state index contributed by atoms with van der Waals surface area (Å²) in [5.74, 6) is 1.71. The Labute approximate surface area is 211 Å². The Hall–Kier alpha value is -3.73. The lowest BCUT2D eigenvalue weighted by Crippen LogP contribution is -2.43. The zero-order valence-corrected chi connectivity index (χ0v) is 20.2. The van der Waals surface area contributed by atoms with Gasteiger partial charge in [0.25, 0.3) is 0 Å². The van der Waals surface area contributed by atoms with Gasteiger partial charge in [-0.15, -0.1) is 0 Å². The van der Waals surface area contributed by atoms with Crippen molar-refractivity contribution < 1.29 is 19.0 Å². The van der Waals surface area contributed by atoms with Crippen LogP contribution in [-0.4, -0.2) is 42.9 Å². The molecule has 7 rings (SSSR count). The molecule has 0 aromatic heterocycles. The van der Waals surface area contributed by atoms with E-state index in [1.165, 1.54) is 27.8 Å². The van der Waals surface area contributed by atoms with E-state index in [9.17, 15) is 4.79 Å². The van der Waals surface area contributed by atoms with Gasteiger partial charge in [-0.05, 0) is 64.8 Å². The van der Waals surface area contributed by atoms with E-state index in [1.807, 2.05) is 11.0 Å². The van der Waals surface area contributed by atoms with Gasteiger partial charge < -0.3 is 14.2 Å². The van der Waals surface area contributed by atoms with Crippen LogP contribution >= 0.6 is 0 Å². The lowest BCUT2D eigenvalue weighted by Gasteiger charge is -2.33. The second-order valence-electron chi connectivity index (χ2n) is 10.1. The van der Waals surface area contributed by atoms with Crippen molar-refractivity contribution >= 4 is 11.7 Å². The first-order valence-electron chi connectivity index (χ1n) is 13.0. The molecule has 182 valence electrons. The second kappa shape index (κ2) is 8.74. The molecule has 2 atom stereocenters. The predicted octanol–water partition coefficient (Wildman–Crippen LogP) is 6.42. The van der Waals surface area contributed by atoms with Crippen LogP contribution in [0.4, 0.5) is 4.79 Å². The van der Waals surface area contributed by atoms with Gasteiger partial charge in [0.2, 0.25) is 0 Å². The predicted molar refractivity (Wildman–Crippen MR) is 138 cm³/mol. The average Bonchev–Trinajstić information content (AvgIpc) is 3.24. The number of rotatable bonds is 3. The highest BCUT2D eigenvalue weighted by molar-refractivity contribution is 5.79. The van der Waals surface area contributed by atoms with Crippen molar-refractivity contribution in [1.29, 1.82) is 0 Å². The van der Waals surface area contributed by atoms with Crippen LogP contribution in [-0.2, 0) is 4.74 Å². The SMILES string of the molecule is O=C(OCC1c2ccccc2-c2ccccc21)N1C2C=C(c3ccc4c(c3)OCCCO4)CC1CC2. The molecule has 3 aliphatic heterocycles. The van der Waals surface area contributed by atoms with Crippen LogP contribution < -0.4 is 9.47 Å². The number of fused-ring (bicyclic) bond motifs is 6. The minimum Gasteiger partial charge on any atom is -0.490 e. The summed E-state index contributed by atoms with van der Waals surface area (Å²) in [6.07, 6.45) is 5.76. The Morgan fingerprint density at radius 2 is 1.61 bits per heavy atom. The van der Waals surface area contributed by atoms with E-state index in [-0.39, 0.29) is 24.1 Å². The minimum atomic E-state index is -0.196. The number of hydrogen-bond donors (Lipinski definition) is 0. The van der Waals surface area contributed by atoms with Gasteiger partial charge in [0, 0.05) is 18.4 Å². The van der Waals surface area contributed by atoms with Crippen LogP contribution in [0.5, 0.6) is 11.5 Å². The number of carbonyl (C=O) groups excluding carboxylic acids is 1. The molecule has 1 fully saturated rings. The van der Waals surface area contributed by atoms with Crippen LogP contribution in [0.3, 0.4) is 0 Å². The van der Waals surface area contributed by atoms with Gasteiger partial charge in [-0.3, -0.25) is 4.90 Å². The van der Waals surface area contributed by atoms with Gasteiger partial charge in [0.1, 0.15) is 6.61 Å². The molecule has 2 bridgehead atoms. The highest BCUT2D eigenvalue weighted by Gasteiger charge is 2.41. The topological polar surface area (TPSA) is 48.0 Å². The molecule has 3 aromatic carbocycles. The van der Waals surface area contributed by atoms with Gasteiger partial charge in [-0.25, -0.2) is 4.79 Å². The standard InChI is InChI=1S/C31H29NO4/c33-31(36-19-28-26-8-3-1-6-24(26)25-7-2-4-9-27(25)28)32-22-11-12-23(32)17-21(16-22)20-10-13-29-30(18-20)35-15-5-14-34-29/h1-4,6-10,13,16,18,22-23,28H,5,11-12,14-15,17,19H2. The van der Waals surface area contributed by atoms with Crippen LogP contribution in [0.2, 0.25) is 0 Å². The molecule has 0 radical (unpaired) electrons. The van der Waals surface area contributed by atoms with E-state index in [2.05, 4.69) is 66.7 Å². The Kier molecular flexibility index (Phi) is 5.23. The van der Waals surface area contributed by atoms with Crippen molar-refractivity contribution in [3.05, 3.63) is 89.5 Å². The van der Waals surface area contributed by atoms with E-state index in [0.717, 1.165) is 42.7 Å². The van der Waals surface area contributed by atoms with Crippen molar-refractivity contribution in [2.24, 2.45) is 0 Å². The summed E-state index contributed by atoms with van der Waals surface area (Å²) < 4.78 is 17.7. The van der Waals surface area contributed by atoms with Crippen molar-refractivity contribution in [3.63, 3.8) is 0 Å². The maximum absolute atomic E-state index is 13.4. The fraction of sp³-hybridized carbons (Fsp3) is 0.323. The van der Waals surface area contributed by atoms with Crippen LogP contribution in [0, 0.1) is 0 Å². The lowest BCUT2D eigenvalue weighted by molar-refractivity contribution is 0.0866. The van der Waals surface area contributed by atoms with Crippen molar-refractivity contribution in [2.45, 2.75) is 43.7 Å². The number of nitrogens with zero attached hydrogens (tertiary/aromatic N) is 1. The van der Waals surface area contributed by atoms with Crippen molar-refractivity contribution in [3.8, 4) is 22.6 Å². The average molecular weight is 480 g/mol. The summed E-state index contributed by atoms with van der Waals surface area (Å²) in [6.45, 7) is 1.73. The van der Waals surface area contributed by atoms with Crippen molar-refractivity contribution in [2.75, 3.05) is 19.8 Å². The highest BCUT2D eigenvalue weighted by atomic mass is 16.6. The quantitative estimate of drug-likeness (QED) is 0.435. The zero-order chi connectivity index (χ0) is 24.1. The van der Waals surface area contributed by atoms with E-state index >= 15 is 0 Å². The Morgan fingerprint density at radius 3 is 2.36 bits per heavy atom. The third-order valence-corrected chi connectivity index (χ3v) is 8.06. The van der Waals surface area contributed by atoms with Crippen LogP contribution in [0.15, 0.2) is 72.8 Å². The molecule has 4 aliphatic rings. The summed E-state index contributed by atoms with van der Waals surface area (Å²) in [4.78, 5) is 15.3. The van der Waals surface area contributed by atoms with E-state index < -0.39 is 0 Å². The molecule has 0 N–H and O–H groups in total. The Morgan fingerprint density at radius 1 is 0.889 bits per heavy atom. The molecule has 36 heavy (non-hydrogen) atoms. The largest absolute Gasteiger partial charge is 0.490 e. The second-order valence-corrected chi connectivity index (χ2v) is 10.1. The number of amides is 1. The maximum Gasteiger partial charge on any atom is 0.410 e. The van der Waals surface area contributed by atoms with Gasteiger partial charge in [-0.2, -0.15) is 0 Å².